The van der Waals surface area contributed by atoms with Crippen LogP contribution in [-0.4, -0.2) is 31.6 Å². The average molecular weight is 214 g/mol. The Hall–Kier alpha value is -0.870. The van der Waals surface area contributed by atoms with Crippen LogP contribution in [0.15, 0.2) is 12.2 Å². The Morgan fingerprint density at radius 1 is 1.60 bits per heavy atom. The molecule has 4 heteroatoms. The van der Waals surface area contributed by atoms with Gasteiger partial charge in [-0.1, -0.05) is 6.58 Å². The first-order chi connectivity index (χ1) is 6.97. The number of rotatable bonds is 3. The van der Waals surface area contributed by atoms with Gasteiger partial charge in [-0.05, 0) is 13.8 Å². The summed E-state index contributed by atoms with van der Waals surface area (Å²) in [5.41, 5.74) is -0.0914. The third-order valence-corrected chi connectivity index (χ3v) is 2.48. The summed E-state index contributed by atoms with van der Waals surface area (Å²) in [6.45, 7) is 7.62. The van der Waals surface area contributed by atoms with Gasteiger partial charge >= 0.3 is 5.97 Å². The third-order valence-electron chi connectivity index (χ3n) is 2.48. The van der Waals surface area contributed by atoms with E-state index in [9.17, 15) is 4.79 Å². The van der Waals surface area contributed by atoms with Crippen LogP contribution in [-0.2, 0) is 19.0 Å². The van der Waals surface area contributed by atoms with Crippen LogP contribution in [0.5, 0.6) is 0 Å². The molecule has 1 saturated heterocycles. The number of carbonyl (C=O) groups excluding carboxylic acids is 1. The molecule has 0 saturated carbocycles. The highest BCUT2D eigenvalue weighted by Crippen LogP contribution is 2.29. The van der Waals surface area contributed by atoms with Crippen molar-refractivity contribution in [3.8, 4) is 0 Å². The molecule has 1 aliphatic rings. The van der Waals surface area contributed by atoms with Crippen molar-refractivity contribution in [3.05, 3.63) is 12.2 Å². The van der Waals surface area contributed by atoms with Crippen LogP contribution in [0.2, 0.25) is 0 Å². The Morgan fingerprint density at radius 3 is 2.80 bits per heavy atom. The molecule has 0 aromatic carbocycles. The van der Waals surface area contributed by atoms with Crippen LogP contribution in [0.1, 0.15) is 26.7 Å². The van der Waals surface area contributed by atoms with Crippen molar-refractivity contribution >= 4 is 5.97 Å². The lowest BCUT2D eigenvalue weighted by Crippen LogP contribution is -2.42. The molecule has 0 amide bonds. The zero-order chi connectivity index (χ0) is 11.5. The lowest BCUT2D eigenvalue weighted by atomic mass is 9.95. The topological polar surface area (TPSA) is 44.8 Å². The molecule has 0 aliphatic carbocycles. The lowest BCUT2D eigenvalue weighted by molar-refractivity contribution is -0.208. The molecule has 0 bridgehead atoms. The summed E-state index contributed by atoms with van der Waals surface area (Å²) < 4.78 is 15.8. The normalized spacial score (nSPS) is 31.0. The molecule has 86 valence electrons. The summed E-state index contributed by atoms with van der Waals surface area (Å²) in [7, 11) is 1.58. The smallest absolute Gasteiger partial charge is 0.333 e. The van der Waals surface area contributed by atoms with Gasteiger partial charge in [0.1, 0.15) is 5.60 Å². The molecule has 0 radical (unpaired) electrons. The lowest BCUT2D eigenvalue weighted by Gasteiger charge is -2.36. The van der Waals surface area contributed by atoms with E-state index in [0.717, 1.165) is 0 Å². The van der Waals surface area contributed by atoms with Crippen LogP contribution >= 0.6 is 0 Å². The summed E-state index contributed by atoms with van der Waals surface area (Å²) in [6, 6.07) is 0. The van der Waals surface area contributed by atoms with Gasteiger partial charge in [0.2, 0.25) is 0 Å². The van der Waals surface area contributed by atoms with Gasteiger partial charge in [-0.25, -0.2) is 4.79 Å². The summed E-state index contributed by atoms with van der Waals surface area (Å²) >= 11 is 0. The molecule has 0 aromatic heterocycles. The number of ether oxygens (including phenoxy) is 3. The second kappa shape index (κ2) is 4.77. The molecule has 15 heavy (non-hydrogen) atoms. The maximum absolute atomic E-state index is 11.4. The molecule has 1 heterocycles. The van der Waals surface area contributed by atoms with Gasteiger partial charge in [0.25, 0.3) is 0 Å². The first-order valence-electron chi connectivity index (χ1n) is 5.00. The van der Waals surface area contributed by atoms with E-state index in [1.165, 1.54) is 0 Å². The standard InChI is InChI=1S/C11H18O4/c1-8(2)10(12)15-11(3)5-6-14-9(7-11)13-4/h9H,1,5-7H2,2-4H3. The van der Waals surface area contributed by atoms with Crippen LogP contribution < -0.4 is 0 Å². The quantitative estimate of drug-likeness (QED) is 0.529. The highest BCUT2D eigenvalue weighted by molar-refractivity contribution is 5.87. The van der Waals surface area contributed by atoms with Crippen LogP contribution in [0, 0.1) is 0 Å². The summed E-state index contributed by atoms with van der Waals surface area (Å²) in [5.74, 6) is -0.353. The Balaban J connectivity index is 2.57. The van der Waals surface area contributed by atoms with E-state index in [1.54, 1.807) is 14.0 Å². The predicted octanol–water partition coefficient (Wildman–Crippen LogP) is 1.65. The van der Waals surface area contributed by atoms with Crippen molar-refractivity contribution in [1.29, 1.82) is 0 Å². The fourth-order valence-electron chi connectivity index (χ4n) is 1.47. The molecule has 4 nitrogen and oxygen atoms in total. The highest BCUT2D eigenvalue weighted by atomic mass is 16.7. The van der Waals surface area contributed by atoms with Gasteiger partial charge in [0.15, 0.2) is 6.29 Å². The van der Waals surface area contributed by atoms with Gasteiger partial charge < -0.3 is 14.2 Å². The van der Waals surface area contributed by atoms with Crippen molar-refractivity contribution < 1.29 is 19.0 Å². The number of esters is 1. The van der Waals surface area contributed by atoms with E-state index in [4.69, 9.17) is 14.2 Å². The minimum absolute atomic E-state index is 0.290. The Kier molecular flexibility index (Phi) is 3.88. The monoisotopic (exact) mass is 214 g/mol. The molecule has 2 atom stereocenters. The highest BCUT2D eigenvalue weighted by Gasteiger charge is 2.36. The van der Waals surface area contributed by atoms with Crippen LogP contribution in [0.25, 0.3) is 0 Å². The number of carbonyl (C=O) groups is 1. The Bertz CT molecular complexity index is 261. The van der Waals surface area contributed by atoms with Crippen molar-refractivity contribution in [2.75, 3.05) is 13.7 Å². The Morgan fingerprint density at radius 2 is 2.27 bits per heavy atom. The molecule has 0 spiro atoms. The fourth-order valence-corrected chi connectivity index (χ4v) is 1.47. The number of methoxy groups -OCH3 is 1. The van der Waals surface area contributed by atoms with E-state index in [0.29, 0.717) is 25.0 Å². The van der Waals surface area contributed by atoms with E-state index in [1.807, 2.05) is 6.92 Å². The van der Waals surface area contributed by atoms with Gasteiger partial charge in [0, 0.05) is 25.5 Å². The van der Waals surface area contributed by atoms with Gasteiger partial charge in [-0.2, -0.15) is 0 Å². The summed E-state index contributed by atoms with van der Waals surface area (Å²) in [6.07, 6.45) is 0.954. The molecule has 1 fully saturated rings. The second-order valence-electron chi connectivity index (χ2n) is 4.11. The maximum Gasteiger partial charge on any atom is 0.333 e. The first kappa shape index (κ1) is 12.2. The van der Waals surface area contributed by atoms with Crippen molar-refractivity contribution in [2.45, 2.75) is 38.6 Å². The largest absolute Gasteiger partial charge is 0.456 e. The van der Waals surface area contributed by atoms with Gasteiger partial charge in [-0.3, -0.25) is 0 Å². The van der Waals surface area contributed by atoms with Crippen molar-refractivity contribution in [3.63, 3.8) is 0 Å². The minimum Gasteiger partial charge on any atom is -0.456 e. The predicted molar refractivity (Wildman–Crippen MR) is 55.3 cm³/mol. The Labute approximate surface area is 90.2 Å². The van der Waals surface area contributed by atoms with Crippen LogP contribution in [0.4, 0.5) is 0 Å². The molecule has 0 N–H and O–H groups in total. The maximum atomic E-state index is 11.4. The third kappa shape index (κ3) is 3.32. The molecular weight excluding hydrogens is 196 g/mol. The molecule has 0 aromatic rings. The van der Waals surface area contributed by atoms with Gasteiger partial charge in [0.05, 0.1) is 6.61 Å². The summed E-state index contributed by atoms with van der Waals surface area (Å²) in [4.78, 5) is 11.4. The average Bonchev–Trinajstić information content (AvgIpc) is 2.16. The first-order valence-corrected chi connectivity index (χ1v) is 5.00. The fraction of sp³-hybridized carbons (Fsp3) is 0.727. The molecule has 1 rings (SSSR count). The van der Waals surface area contributed by atoms with Crippen molar-refractivity contribution in [1.82, 2.24) is 0 Å². The molecule has 2 unspecified atom stereocenters. The van der Waals surface area contributed by atoms with Crippen LogP contribution in [0.3, 0.4) is 0 Å². The van der Waals surface area contributed by atoms with E-state index < -0.39 is 5.60 Å². The number of hydrogen-bond acceptors (Lipinski definition) is 4. The minimum atomic E-state index is -0.505. The number of hydrogen-bond donors (Lipinski definition) is 0. The zero-order valence-electron chi connectivity index (χ0n) is 9.54. The molecular formula is C11H18O4. The van der Waals surface area contributed by atoms with E-state index in [-0.39, 0.29) is 12.3 Å². The zero-order valence-corrected chi connectivity index (χ0v) is 9.54. The van der Waals surface area contributed by atoms with E-state index in [2.05, 4.69) is 6.58 Å². The second-order valence-corrected chi connectivity index (χ2v) is 4.11. The summed E-state index contributed by atoms with van der Waals surface area (Å²) in [5, 5.41) is 0. The van der Waals surface area contributed by atoms with Crippen molar-refractivity contribution in [2.24, 2.45) is 0 Å². The SMILES string of the molecule is C=C(C)C(=O)OC1(C)CCOC(OC)C1. The molecule has 1 aliphatic heterocycles. The van der Waals surface area contributed by atoms with E-state index >= 15 is 0 Å². The van der Waals surface area contributed by atoms with Gasteiger partial charge in [-0.15, -0.1) is 0 Å².